The quantitative estimate of drug-likeness (QED) is 0.750. The molecule has 0 fully saturated rings. The normalized spacial score (nSPS) is 12.5. The number of anilines is 1. The topological polar surface area (TPSA) is 3.24 Å². The molecule has 0 aliphatic heterocycles. The molecule has 0 aromatic heterocycles. The SMILES string of the molecule is CC(S)CN(C)c1ccc(CCS)cc1. The summed E-state index contributed by atoms with van der Waals surface area (Å²) in [6.07, 6.45) is 1.04. The summed E-state index contributed by atoms with van der Waals surface area (Å²) in [7, 11) is 2.10. The molecule has 0 saturated heterocycles. The summed E-state index contributed by atoms with van der Waals surface area (Å²) in [6.45, 7) is 3.07. The van der Waals surface area contributed by atoms with Gasteiger partial charge in [-0.2, -0.15) is 25.3 Å². The van der Waals surface area contributed by atoms with Gasteiger partial charge in [-0.25, -0.2) is 0 Å². The van der Waals surface area contributed by atoms with E-state index in [4.69, 9.17) is 0 Å². The van der Waals surface area contributed by atoms with Crippen molar-refractivity contribution in [1.82, 2.24) is 0 Å². The van der Waals surface area contributed by atoms with Crippen molar-refractivity contribution >= 4 is 30.9 Å². The summed E-state index contributed by atoms with van der Waals surface area (Å²) < 4.78 is 0. The van der Waals surface area contributed by atoms with E-state index in [2.05, 4.69) is 68.4 Å². The molecule has 0 aliphatic rings. The van der Waals surface area contributed by atoms with Crippen LogP contribution in [0.15, 0.2) is 24.3 Å². The van der Waals surface area contributed by atoms with Gasteiger partial charge in [0, 0.05) is 24.5 Å². The molecular formula is C12H19NS2. The minimum absolute atomic E-state index is 0.395. The third-order valence-corrected chi connectivity index (χ3v) is 2.70. The zero-order valence-electron chi connectivity index (χ0n) is 9.35. The molecule has 1 rings (SSSR count). The van der Waals surface area contributed by atoms with Gasteiger partial charge in [0.15, 0.2) is 0 Å². The fraction of sp³-hybridized carbons (Fsp3) is 0.500. The van der Waals surface area contributed by atoms with E-state index in [1.807, 2.05) is 0 Å². The molecule has 0 radical (unpaired) electrons. The van der Waals surface area contributed by atoms with Crippen molar-refractivity contribution in [2.45, 2.75) is 18.6 Å². The second kappa shape index (κ2) is 6.33. The number of hydrogen-bond donors (Lipinski definition) is 2. The summed E-state index contributed by atoms with van der Waals surface area (Å²) in [5.74, 6) is 0.906. The fourth-order valence-corrected chi connectivity index (χ4v) is 2.05. The van der Waals surface area contributed by atoms with Crippen LogP contribution >= 0.6 is 25.3 Å². The van der Waals surface area contributed by atoms with E-state index in [9.17, 15) is 0 Å². The molecule has 1 aromatic carbocycles. The van der Waals surface area contributed by atoms with E-state index in [0.29, 0.717) is 5.25 Å². The molecule has 0 spiro atoms. The van der Waals surface area contributed by atoms with Crippen LogP contribution in [-0.4, -0.2) is 24.6 Å². The molecule has 84 valence electrons. The maximum atomic E-state index is 4.39. The highest BCUT2D eigenvalue weighted by Crippen LogP contribution is 2.15. The molecule has 3 heteroatoms. The largest absolute Gasteiger partial charge is 0.374 e. The van der Waals surface area contributed by atoms with Crippen molar-refractivity contribution in [1.29, 1.82) is 0 Å². The van der Waals surface area contributed by atoms with Crippen LogP contribution < -0.4 is 4.90 Å². The van der Waals surface area contributed by atoms with Gasteiger partial charge in [-0.1, -0.05) is 19.1 Å². The van der Waals surface area contributed by atoms with Gasteiger partial charge in [0.05, 0.1) is 0 Å². The molecule has 1 nitrogen and oxygen atoms in total. The second-order valence-electron chi connectivity index (χ2n) is 3.87. The predicted octanol–water partition coefficient (Wildman–Crippen LogP) is 2.91. The predicted molar refractivity (Wildman–Crippen MR) is 75.7 cm³/mol. The smallest absolute Gasteiger partial charge is 0.0364 e. The highest BCUT2D eigenvalue weighted by molar-refractivity contribution is 7.81. The van der Waals surface area contributed by atoms with Gasteiger partial charge < -0.3 is 4.90 Å². The Bertz CT molecular complexity index is 282. The minimum atomic E-state index is 0.395. The van der Waals surface area contributed by atoms with Crippen LogP contribution in [0, 0.1) is 0 Å². The van der Waals surface area contributed by atoms with Gasteiger partial charge in [-0.3, -0.25) is 0 Å². The Morgan fingerprint density at radius 3 is 2.33 bits per heavy atom. The van der Waals surface area contributed by atoms with Crippen LogP contribution in [0.2, 0.25) is 0 Å². The number of thiol groups is 2. The van der Waals surface area contributed by atoms with Crippen LogP contribution in [0.25, 0.3) is 0 Å². The van der Waals surface area contributed by atoms with Crippen LogP contribution in [-0.2, 0) is 6.42 Å². The minimum Gasteiger partial charge on any atom is -0.374 e. The molecular weight excluding hydrogens is 222 g/mol. The average Bonchev–Trinajstić information content (AvgIpc) is 2.18. The first-order valence-electron chi connectivity index (χ1n) is 5.22. The van der Waals surface area contributed by atoms with Crippen LogP contribution in [0.5, 0.6) is 0 Å². The third kappa shape index (κ3) is 4.39. The number of benzene rings is 1. The lowest BCUT2D eigenvalue weighted by atomic mass is 10.1. The van der Waals surface area contributed by atoms with E-state index in [1.165, 1.54) is 11.3 Å². The van der Waals surface area contributed by atoms with Gasteiger partial charge in [0.25, 0.3) is 0 Å². The maximum Gasteiger partial charge on any atom is 0.0364 e. The lowest BCUT2D eigenvalue weighted by Gasteiger charge is -2.21. The first-order valence-corrected chi connectivity index (χ1v) is 6.37. The van der Waals surface area contributed by atoms with Crippen molar-refractivity contribution in [2.24, 2.45) is 0 Å². The molecule has 1 atom stereocenters. The Morgan fingerprint density at radius 2 is 1.87 bits per heavy atom. The third-order valence-electron chi connectivity index (χ3n) is 2.32. The molecule has 0 saturated carbocycles. The Labute approximate surface area is 104 Å². The molecule has 0 aliphatic carbocycles. The van der Waals surface area contributed by atoms with Gasteiger partial charge in [-0.15, -0.1) is 0 Å². The number of hydrogen-bond acceptors (Lipinski definition) is 3. The summed E-state index contributed by atoms with van der Waals surface area (Å²) in [4.78, 5) is 2.22. The Hall–Kier alpha value is -0.280. The van der Waals surface area contributed by atoms with Crippen LogP contribution in [0.1, 0.15) is 12.5 Å². The van der Waals surface area contributed by atoms with Gasteiger partial charge >= 0.3 is 0 Å². The van der Waals surface area contributed by atoms with E-state index in [-0.39, 0.29) is 0 Å². The first-order chi connectivity index (χ1) is 7.13. The lowest BCUT2D eigenvalue weighted by Crippen LogP contribution is -2.24. The standard InChI is InChI=1S/C12H19NS2/c1-10(15)9-13(2)12-5-3-11(4-6-12)7-8-14/h3-6,10,14-15H,7-9H2,1-2H3. The van der Waals surface area contributed by atoms with Crippen LogP contribution in [0.3, 0.4) is 0 Å². The van der Waals surface area contributed by atoms with E-state index in [0.717, 1.165) is 18.7 Å². The van der Waals surface area contributed by atoms with Crippen molar-refractivity contribution in [3.8, 4) is 0 Å². The van der Waals surface area contributed by atoms with Gasteiger partial charge in [-0.05, 0) is 29.9 Å². The first kappa shape index (κ1) is 12.8. The zero-order chi connectivity index (χ0) is 11.3. The van der Waals surface area contributed by atoms with Crippen molar-refractivity contribution < 1.29 is 0 Å². The van der Waals surface area contributed by atoms with Crippen molar-refractivity contribution in [2.75, 3.05) is 24.2 Å². The Morgan fingerprint density at radius 1 is 1.27 bits per heavy atom. The van der Waals surface area contributed by atoms with E-state index >= 15 is 0 Å². The molecule has 0 heterocycles. The van der Waals surface area contributed by atoms with Crippen molar-refractivity contribution in [3.05, 3.63) is 29.8 Å². The molecule has 0 amide bonds. The summed E-state index contributed by atoms with van der Waals surface area (Å²) in [6, 6.07) is 8.67. The molecule has 0 bridgehead atoms. The number of aryl methyl sites for hydroxylation is 1. The van der Waals surface area contributed by atoms with Gasteiger partial charge in [0.2, 0.25) is 0 Å². The molecule has 1 aromatic rings. The lowest BCUT2D eigenvalue weighted by molar-refractivity contribution is 0.871. The fourth-order valence-electron chi connectivity index (χ4n) is 1.55. The van der Waals surface area contributed by atoms with Gasteiger partial charge in [0.1, 0.15) is 0 Å². The second-order valence-corrected chi connectivity index (χ2v) is 5.20. The molecule has 1 unspecified atom stereocenters. The zero-order valence-corrected chi connectivity index (χ0v) is 11.1. The molecule has 15 heavy (non-hydrogen) atoms. The van der Waals surface area contributed by atoms with E-state index < -0.39 is 0 Å². The highest BCUT2D eigenvalue weighted by atomic mass is 32.1. The average molecular weight is 241 g/mol. The highest BCUT2D eigenvalue weighted by Gasteiger charge is 2.03. The summed E-state index contributed by atoms with van der Waals surface area (Å²) in [5, 5.41) is 0.395. The Kier molecular flexibility index (Phi) is 5.40. The van der Waals surface area contributed by atoms with E-state index in [1.54, 1.807) is 0 Å². The monoisotopic (exact) mass is 241 g/mol. The molecule has 0 N–H and O–H groups in total. The number of rotatable bonds is 5. The summed E-state index contributed by atoms with van der Waals surface area (Å²) >= 11 is 8.61. The Balaban J connectivity index is 2.62. The summed E-state index contributed by atoms with van der Waals surface area (Å²) in [5.41, 5.74) is 2.60. The van der Waals surface area contributed by atoms with Crippen molar-refractivity contribution in [3.63, 3.8) is 0 Å². The van der Waals surface area contributed by atoms with Crippen LogP contribution in [0.4, 0.5) is 5.69 Å². The maximum absolute atomic E-state index is 4.39. The number of nitrogens with zero attached hydrogens (tertiary/aromatic N) is 1.